The van der Waals surface area contributed by atoms with Gasteiger partial charge in [-0.25, -0.2) is 4.99 Å². The highest BCUT2D eigenvalue weighted by Crippen LogP contribution is 2.33. The fraction of sp³-hybridized carbons (Fsp3) is 0. The van der Waals surface area contributed by atoms with Crippen LogP contribution in [0.25, 0.3) is 5.03 Å². The van der Waals surface area contributed by atoms with Gasteiger partial charge in [0, 0.05) is 10.6 Å². The summed E-state index contributed by atoms with van der Waals surface area (Å²) in [5, 5.41) is 9.60. The van der Waals surface area contributed by atoms with Gasteiger partial charge in [-0.1, -0.05) is 23.2 Å². The van der Waals surface area contributed by atoms with E-state index in [1.54, 1.807) is 24.3 Å². The van der Waals surface area contributed by atoms with Crippen molar-refractivity contribution in [3.05, 3.63) is 35.0 Å². The summed E-state index contributed by atoms with van der Waals surface area (Å²) in [5.74, 6) is -0.0610. The molecule has 1 aromatic carbocycles. The van der Waals surface area contributed by atoms with E-state index in [-0.39, 0.29) is 5.90 Å². The molecule has 1 aromatic rings. The Balaban J connectivity index is 2.65. The average Bonchev–Trinajstić information content (AvgIpc) is 2.38. The van der Waals surface area contributed by atoms with Gasteiger partial charge in [0.2, 0.25) is 0 Å². The van der Waals surface area contributed by atoms with Gasteiger partial charge in [0.05, 0.1) is 10.7 Å². The molecule has 5 heteroatoms. The molecule has 0 aromatic heterocycles. The zero-order valence-corrected chi connectivity index (χ0v) is 8.88. The van der Waals surface area contributed by atoms with Crippen LogP contribution < -0.4 is 0 Å². The summed E-state index contributed by atoms with van der Waals surface area (Å²) in [7, 11) is 0. The van der Waals surface area contributed by atoms with Gasteiger partial charge in [-0.05, 0) is 18.2 Å². The van der Waals surface area contributed by atoms with Gasteiger partial charge in [-0.2, -0.15) is 5.26 Å². The summed E-state index contributed by atoms with van der Waals surface area (Å²) in [6, 6.07) is 6.85. The van der Waals surface area contributed by atoms with Gasteiger partial charge in [-0.15, -0.1) is 0 Å². The molecule has 0 bridgehead atoms. The predicted octanol–water partition coefficient (Wildman–Crippen LogP) is 3.46. The summed E-state index contributed by atoms with van der Waals surface area (Å²) in [6.45, 7) is 0. The lowest BCUT2D eigenvalue weighted by atomic mass is 10.2. The summed E-state index contributed by atoms with van der Waals surface area (Å²) in [5.41, 5.74) is 1.21. The molecule has 3 nitrogen and oxygen atoms in total. The van der Waals surface area contributed by atoms with Crippen LogP contribution >= 0.6 is 23.2 Å². The van der Waals surface area contributed by atoms with Crippen LogP contribution in [0.5, 0.6) is 0 Å². The SMILES string of the molecule is N#CC1=Nc2cc(Cl)ccc2C(Cl)=CO1. The first-order valence-corrected chi connectivity index (χ1v) is 4.77. The van der Waals surface area contributed by atoms with Gasteiger partial charge in [0.15, 0.2) is 6.07 Å². The predicted molar refractivity (Wildman–Crippen MR) is 59.1 cm³/mol. The van der Waals surface area contributed by atoms with Crippen LogP contribution in [-0.2, 0) is 4.74 Å². The van der Waals surface area contributed by atoms with E-state index in [1.165, 1.54) is 6.26 Å². The highest BCUT2D eigenvalue weighted by molar-refractivity contribution is 6.49. The van der Waals surface area contributed by atoms with E-state index in [2.05, 4.69) is 4.99 Å². The Hall–Kier alpha value is -1.50. The Bertz CT molecular complexity index is 515. The van der Waals surface area contributed by atoms with E-state index >= 15 is 0 Å². The largest absolute Gasteiger partial charge is 0.437 e. The maximum Gasteiger partial charge on any atom is 0.300 e. The standard InChI is InChI=1S/C10H4Cl2N2O/c11-6-1-2-7-8(12)5-15-10(4-13)14-9(7)3-6/h1-3,5H. The zero-order valence-electron chi connectivity index (χ0n) is 7.37. The minimum Gasteiger partial charge on any atom is -0.437 e. The first-order valence-electron chi connectivity index (χ1n) is 4.02. The number of nitrogens with zero attached hydrogens (tertiary/aromatic N) is 2. The summed E-state index contributed by atoms with van der Waals surface area (Å²) >= 11 is 11.7. The monoisotopic (exact) mass is 238 g/mol. The van der Waals surface area contributed by atoms with Crippen LogP contribution in [0.1, 0.15) is 5.56 Å². The molecule has 0 radical (unpaired) electrons. The number of aliphatic imine (C=N–C) groups is 1. The molecule has 0 aliphatic carbocycles. The van der Waals surface area contributed by atoms with E-state index in [0.29, 0.717) is 21.3 Å². The number of rotatable bonds is 0. The van der Waals surface area contributed by atoms with Crippen molar-refractivity contribution in [3.8, 4) is 6.07 Å². The summed E-state index contributed by atoms with van der Waals surface area (Å²) in [4.78, 5) is 3.98. The molecule has 0 spiro atoms. The topological polar surface area (TPSA) is 45.4 Å². The van der Waals surface area contributed by atoms with Crippen molar-refractivity contribution in [2.24, 2.45) is 4.99 Å². The number of hydrogen-bond donors (Lipinski definition) is 0. The molecule has 2 rings (SSSR count). The highest BCUT2D eigenvalue weighted by Gasteiger charge is 2.12. The molecule has 1 aliphatic heterocycles. The second-order valence-electron chi connectivity index (χ2n) is 2.77. The van der Waals surface area contributed by atoms with Gasteiger partial charge in [0.1, 0.15) is 6.26 Å². The van der Waals surface area contributed by atoms with Gasteiger partial charge in [0.25, 0.3) is 0 Å². The summed E-state index contributed by atoms with van der Waals surface area (Å²) in [6.07, 6.45) is 1.28. The third kappa shape index (κ3) is 1.96. The Kier molecular flexibility index (Phi) is 2.63. The van der Waals surface area contributed by atoms with E-state index in [4.69, 9.17) is 33.2 Å². The second kappa shape index (κ2) is 3.93. The van der Waals surface area contributed by atoms with Gasteiger partial charge >= 0.3 is 5.90 Å². The molecule has 0 N–H and O–H groups in total. The zero-order chi connectivity index (χ0) is 10.8. The molecule has 15 heavy (non-hydrogen) atoms. The van der Waals surface area contributed by atoms with Gasteiger partial charge < -0.3 is 4.74 Å². The molecule has 74 valence electrons. The van der Waals surface area contributed by atoms with E-state index in [9.17, 15) is 0 Å². The maximum absolute atomic E-state index is 8.69. The number of fused-ring (bicyclic) bond motifs is 1. The minimum absolute atomic E-state index is 0.0610. The highest BCUT2D eigenvalue weighted by atomic mass is 35.5. The molecular weight excluding hydrogens is 235 g/mol. The van der Waals surface area contributed by atoms with Crippen molar-refractivity contribution >= 4 is 39.8 Å². The maximum atomic E-state index is 8.69. The van der Waals surface area contributed by atoms with Crippen molar-refractivity contribution in [1.82, 2.24) is 0 Å². The average molecular weight is 239 g/mol. The Labute approximate surface area is 96.2 Å². The van der Waals surface area contributed by atoms with Crippen LogP contribution in [0.15, 0.2) is 29.5 Å². The van der Waals surface area contributed by atoms with E-state index in [0.717, 1.165) is 0 Å². The quantitative estimate of drug-likeness (QED) is 0.695. The van der Waals surface area contributed by atoms with Crippen molar-refractivity contribution in [1.29, 1.82) is 5.26 Å². The lowest BCUT2D eigenvalue weighted by Gasteiger charge is -2.01. The second-order valence-corrected chi connectivity index (χ2v) is 3.62. The molecule has 0 fully saturated rings. The third-order valence-corrected chi connectivity index (χ3v) is 2.34. The van der Waals surface area contributed by atoms with Crippen molar-refractivity contribution in [3.63, 3.8) is 0 Å². The molecule has 0 saturated carbocycles. The fourth-order valence-corrected chi connectivity index (χ4v) is 1.53. The molecular formula is C10H4Cl2N2O. The van der Waals surface area contributed by atoms with Crippen LogP contribution in [0, 0.1) is 11.3 Å². The number of ether oxygens (including phenoxy) is 1. The number of hydrogen-bond acceptors (Lipinski definition) is 3. The Morgan fingerprint density at radius 2 is 2.13 bits per heavy atom. The normalized spacial score (nSPS) is 13.9. The molecule has 1 heterocycles. The van der Waals surface area contributed by atoms with Crippen molar-refractivity contribution in [2.45, 2.75) is 0 Å². The fourth-order valence-electron chi connectivity index (χ4n) is 1.16. The van der Waals surface area contributed by atoms with E-state index < -0.39 is 0 Å². The summed E-state index contributed by atoms with van der Waals surface area (Å²) < 4.78 is 4.94. The molecule has 1 aliphatic rings. The Morgan fingerprint density at radius 1 is 1.33 bits per heavy atom. The van der Waals surface area contributed by atoms with Crippen molar-refractivity contribution < 1.29 is 4.74 Å². The first kappa shape index (κ1) is 10.0. The van der Waals surface area contributed by atoms with Crippen LogP contribution in [-0.4, -0.2) is 5.90 Å². The smallest absolute Gasteiger partial charge is 0.300 e. The van der Waals surface area contributed by atoms with Gasteiger partial charge in [-0.3, -0.25) is 0 Å². The van der Waals surface area contributed by atoms with Crippen molar-refractivity contribution in [2.75, 3.05) is 0 Å². The molecule has 0 saturated heterocycles. The number of benzene rings is 1. The number of nitriles is 1. The van der Waals surface area contributed by atoms with E-state index in [1.807, 2.05) is 0 Å². The van der Waals surface area contributed by atoms with Crippen LogP contribution in [0.3, 0.4) is 0 Å². The number of halogens is 2. The van der Waals surface area contributed by atoms with Crippen LogP contribution in [0.2, 0.25) is 5.02 Å². The first-order chi connectivity index (χ1) is 7.20. The molecule has 0 amide bonds. The lowest BCUT2D eigenvalue weighted by molar-refractivity contribution is 0.483. The molecule has 0 unspecified atom stereocenters. The lowest BCUT2D eigenvalue weighted by Crippen LogP contribution is -1.93. The Morgan fingerprint density at radius 3 is 2.87 bits per heavy atom. The third-order valence-electron chi connectivity index (χ3n) is 1.81. The minimum atomic E-state index is -0.0610. The molecule has 0 atom stereocenters. The van der Waals surface area contributed by atoms with Crippen LogP contribution in [0.4, 0.5) is 5.69 Å².